The summed E-state index contributed by atoms with van der Waals surface area (Å²) in [4.78, 5) is -1.89. The molecule has 0 radical (unpaired) electrons. The zero-order chi connectivity index (χ0) is 28.7. The van der Waals surface area contributed by atoms with Crippen molar-refractivity contribution in [2.24, 2.45) is 0 Å². The van der Waals surface area contributed by atoms with Gasteiger partial charge in [-0.1, -0.05) is 84.5 Å². The maximum Gasteiger partial charge on any atom is 0.310 e. The first-order chi connectivity index (χ1) is 16.9. The Labute approximate surface area is 220 Å². The van der Waals surface area contributed by atoms with Crippen LogP contribution in [-0.4, -0.2) is 27.6 Å². The van der Waals surface area contributed by atoms with E-state index in [1.165, 1.54) is 6.21 Å². The molecule has 0 aliphatic rings. The fourth-order valence-corrected chi connectivity index (χ4v) is 5.47. The summed E-state index contributed by atoms with van der Waals surface area (Å²) in [5, 5.41) is 17.6. The summed E-state index contributed by atoms with van der Waals surface area (Å²) in [6.45, 7) is 11.3. The second-order valence-electron chi connectivity index (χ2n) is 9.31. The minimum atomic E-state index is -9.65. The van der Waals surface area contributed by atoms with Gasteiger partial charge in [-0.3, -0.25) is 4.21 Å². The first kappa shape index (κ1) is 33.1. The summed E-state index contributed by atoms with van der Waals surface area (Å²) in [6.07, 6.45) is 2.82. The van der Waals surface area contributed by atoms with Crippen molar-refractivity contribution in [2.75, 3.05) is 4.72 Å². The van der Waals surface area contributed by atoms with Gasteiger partial charge >= 0.3 is 10.2 Å². The molecule has 0 saturated carbocycles. The molecule has 0 aliphatic carbocycles. The zero-order valence-electron chi connectivity index (χ0n) is 22.2. The maximum absolute atomic E-state index is 12.8. The molecule has 0 saturated heterocycles. The van der Waals surface area contributed by atoms with Gasteiger partial charge < -0.3 is 15.2 Å². The van der Waals surface area contributed by atoms with Gasteiger partial charge in [0.1, 0.15) is 4.90 Å². The number of aryl methyl sites for hydroxylation is 1. The number of halogens is 5. The number of aliphatic hydroxyl groups is 1. The third-order valence-corrected chi connectivity index (χ3v) is 8.77. The summed E-state index contributed by atoms with van der Waals surface area (Å²) >= 11 is 0. The predicted octanol–water partition coefficient (Wildman–Crippen LogP) is 8.88. The summed E-state index contributed by atoms with van der Waals surface area (Å²) in [5.41, 5.74) is 2.33. The van der Waals surface area contributed by atoms with E-state index in [1.54, 1.807) is 6.92 Å². The Balaban J connectivity index is 0.000000397. The number of benzene rings is 2. The molecular weight excluding hydrogens is 530 g/mol. The number of rotatable bonds is 11. The first-order valence-corrected chi connectivity index (χ1v) is 15.3. The molecule has 12 heteroatoms. The molecule has 2 aromatic rings. The molecule has 3 N–H and O–H groups in total. The van der Waals surface area contributed by atoms with Crippen molar-refractivity contribution in [1.29, 1.82) is 5.41 Å². The number of anilines is 1. The quantitative estimate of drug-likeness (QED) is 0.144. The van der Waals surface area contributed by atoms with Crippen LogP contribution in [0.2, 0.25) is 13.6 Å². The fraction of sp³-hybridized carbons (Fsp3) is 0.480. The van der Waals surface area contributed by atoms with Crippen LogP contribution in [0, 0.1) is 12.3 Å². The van der Waals surface area contributed by atoms with E-state index >= 15 is 0 Å². The van der Waals surface area contributed by atoms with Crippen LogP contribution in [0.5, 0.6) is 0 Å². The fourth-order valence-electron chi connectivity index (χ4n) is 4.19. The lowest BCUT2D eigenvalue weighted by atomic mass is 9.69. The van der Waals surface area contributed by atoms with Crippen molar-refractivity contribution in [2.45, 2.75) is 83.4 Å². The second kappa shape index (κ2) is 11.9. The first-order valence-electron chi connectivity index (χ1n) is 12.2. The molecule has 0 fully saturated rings. The highest BCUT2D eigenvalue weighted by atomic mass is 32.5. The molecule has 3 unspecified atom stereocenters. The van der Waals surface area contributed by atoms with E-state index in [9.17, 15) is 28.7 Å². The molecule has 4 nitrogen and oxygen atoms in total. The Morgan fingerprint density at radius 1 is 1.08 bits per heavy atom. The van der Waals surface area contributed by atoms with Gasteiger partial charge in [-0.2, -0.15) is 0 Å². The van der Waals surface area contributed by atoms with Crippen LogP contribution >= 0.6 is 10.2 Å². The second-order valence-corrected chi connectivity index (χ2v) is 13.5. The molecule has 37 heavy (non-hydrogen) atoms. The summed E-state index contributed by atoms with van der Waals surface area (Å²) in [7, 11) is -10.7. The molecular formula is C25H38BF5N2O2S2. The average molecular weight is 569 g/mol. The number of nitrogens with one attached hydrogen (secondary N) is 2. The van der Waals surface area contributed by atoms with Crippen molar-refractivity contribution in [3.8, 4) is 0 Å². The van der Waals surface area contributed by atoms with E-state index < -0.39 is 37.5 Å². The Hall–Kier alpha value is -1.92. The van der Waals surface area contributed by atoms with E-state index in [0.717, 1.165) is 35.4 Å². The summed E-state index contributed by atoms with van der Waals surface area (Å²) in [5.74, 6) is 0.0593. The molecule has 0 bridgehead atoms. The van der Waals surface area contributed by atoms with Crippen molar-refractivity contribution in [3.05, 3.63) is 59.2 Å². The monoisotopic (exact) mass is 568 g/mol. The van der Waals surface area contributed by atoms with Crippen LogP contribution in [0.4, 0.5) is 25.1 Å². The Morgan fingerprint density at radius 2 is 1.65 bits per heavy atom. The lowest BCUT2D eigenvalue weighted by Gasteiger charge is -2.41. The van der Waals surface area contributed by atoms with Crippen LogP contribution in [-0.2, 0) is 16.3 Å². The number of hydrogen-bond acceptors (Lipinski definition) is 3. The molecule has 3 atom stereocenters. The third kappa shape index (κ3) is 8.82. The molecule has 0 aliphatic heterocycles. The maximum atomic E-state index is 12.8. The lowest BCUT2D eigenvalue weighted by molar-refractivity contribution is 0.0662. The highest BCUT2D eigenvalue weighted by molar-refractivity contribution is 8.45. The van der Waals surface area contributed by atoms with Gasteiger partial charge in [-0.25, -0.2) is 0 Å². The van der Waals surface area contributed by atoms with Gasteiger partial charge in [0, 0.05) is 17.2 Å². The van der Waals surface area contributed by atoms with Crippen LogP contribution in [0.1, 0.15) is 63.1 Å². The van der Waals surface area contributed by atoms with Crippen molar-refractivity contribution in [1.82, 2.24) is 0 Å². The van der Waals surface area contributed by atoms with Gasteiger partial charge in [0.25, 0.3) is 5.99 Å². The third-order valence-electron chi connectivity index (χ3n) is 6.33. The highest BCUT2D eigenvalue weighted by Gasteiger charge is 2.65. The molecule has 0 spiro atoms. The van der Waals surface area contributed by atoms with E-state index in [-0.39, 0.29) is 5.99 Å². The highest BCUT2D eigenvalue weighted by Crippen LogP contribution is 3.02. The molecule has 0 aromatic heterocycles. The van der Waals surface area contributed by atoms with Gasteiger partial charge in [0.15, 0.2) is 0 Å². The van der Waals surface area contributed by atoms with Gasteiger partial charge in [-0.15, -0.1) is 0 Å². The molecule has 210 valence electrons. The SMILES string of the molecule is CB(C)S(=O)Nc1cccc(C)c1C=N.CCCC(CC)(c1ccc(S(F)(F)(F)(F)F)cc1)C(O)CC. The van der Waals surface area contributed by atoms with Crippen molar-refractivity contribution >= 4 is 39.0 Å². The van der Waals surface area contributed by atoms with Crippen LogP contribution in [0.15, 0.2) is 47.4 Å². The van der Waals surface area contributed by atoms with Gasteiger partial charge in [0.2, 0.25) is 0 Å². The minimum absolute atomic E-state index is 0.0593. The molecule has 2 aromatic carbocycles. The van der Waals surface area contributed by atoms with Crippen LogP contribution in [0.25, 0.3) is 0 Å². The molecule has 0 amide bonds. The predicted molar refractivity (Wildman–Crippen MR) is 149 cm³/mol. The Morgan fingerprint density at radius 3 is 2.05 bits per heavy atom. The standard InChI is InChI=1S/C15H23F5OS.C10H15BN2OS/c1-4-11-15(6-3,14(21)5-2)12-7-9-13(10-8-12)22(16,17,18,19)20;1-8-5-4-6-10(9(8)7-12)13-15(14)11(2)3/h7-10,14,21H,4-6,11H2,1-3H3;4-7,12-13H,1-3H3. The average Bonchev–Trinajstić information content (AvgIpc) is 2.81. The van der Waals surface area contributed by atoms with Crippen LogP contribution in [0.3, 0.4) is 0 Å². The summed E-state index contributed by atoms with van der Waals surface area (Å²) < 4.78 is 78.4. The van der Waals surface area contributed by atoms with E-state index in [2.05, 4.69) is 4.72 Å². The van der Waals surface area contributed by atoms with Gasteiger partial charge in [0.05, 0.1) is 22.6 Å². The van der Waals surface area contributed by atoms with E-state index in [1.807, 2.05) is 52.6 Å². The van der Waals surface area contributed by atoms with Crippen molar-refractivity contribution < 1.29 is 28.7 Å². The Bertz CT molecular complexity index is 1080. The minimum Gasteiger partial charge on any atom is -0.392 e. The Kier molecular flexibility index (Phi) is 10.6. The van der Waals surface area contributed by atoms with E-state index in [0.29, 0.717) is 37.0 Å². The largest absolute Gasteiger partial charge is 0.392 e. The van der Waals surface area contributed by atoms with Crippen molar-refractivity contribution in [3.63, 3.8) is 0 Å². The number of aliphatic hydroxyl groups excluding tert-OH is 1. The van der Waals surface area contributed by atoms with E-state index in [4.69, 9.17) is 5.41 Å². The molecule has 0 heterocycles. The topological polar surface area (TPSA) is 73.2 Å². The van der Waals surface area contributed by atoms with Gasteiger partial charge in [-0.05, 0) is 55.5 Å². The lowest BCUT2D eigenvalue weighted by Crippen LogP contribution is -2.38. The summed E-state index contributed by atoms with van der Waals surface area (Å²) in [6, 6.07) is 8.68. The zero-order valence-corrected chi connectivity index (χ0v) is 23.8. The normalized spacial score (nSPS) is 16.6. The number of hydrogen-bond donors (Lipinski definition) is 3. The smallest absolute Gasteiger partial charge is 0.310 e. The molecule has 2 rings (SSSR count). The van der Waals surface area contributed by atoms with Crippen LogP contribution < -0.4 is 4.72 Å².